The number of para-hydroxylation sites is 1. The second kappa shape index (κ2) is 5.45. The minimum absolute atomic E-state index is 0.457. The summed E-state index contributed by atoms with van der Waals surface area (Å²) in [4.78, 5) is 0. The molecule has 0 bridgehead atoms. The molecule has 0 spiro atoms. The molecule has 1 aliphatic rings. The minimum atomic E-state index is -0.457. The van der Waals surface area contributed by atoms with Crippen molar-refractivity contribution in [1.29, 1.82) is 5.26 Å². The molecule has 3 heteroatoms. The van der Waals surface area contributed by atoms with E-state index < -0.39 is 5.41 Å². The predicted octanol–water partition coefficient (Wildman–Crippen LogP) is 3.98. The third-order valence-electron chi connectivity index (χ3n) is 3.70. The fourth-order valence-corrected chi connectivity index (χ4v) is 3.00. The summed E-state index contributed by atoms with van der Waals surface area (Å²) in [5.74, 6) is 0.918. The molecular formula is C17H14INO. The molecule has 0 aromatic heterocycles. The van der Waals surface area contributed by atoms with Gasteiger partial charge in [-0.25, -0.2) is 0 Å². The van der Waals surface area contributed by atoms with Crippen LogP contribution in [0.2, 0.25) is 0 Å². The maximum Gasteiger partial charge on any atom is 0.122 e. The van der Waals surface area contributed by atoms with Crippen LogP contribution >= 0.6 is 22.6 Å². The largest absolute Gasteiger partial charge is 0.492 e. The van der Waals surface area contributed by atoms with Crippen LogP contribution in [0.15, 0.2) is 48.5 Å². The number of ether oxygens (including phenoxy) is 1. The summed E-state index contributed by atoms with van der Waals surface area (Å²) >= 11 is 2.29. The molecule has 0 amide bonds. The molecule has 2 aromatic rings. The average Bonchev–Trinajstić information content (AvgIpc) is 2.49. The molecular weight excluding hydrogens is 361 g/mol. The zero-order valence-corrected chi connectivity index (χ0v) is 13.1. The van der Waals surface area contributed by atoms with Crippen molar-refractivity contribution >= 4 is 22.6 Å². The molecule has 1 atom stereocenters. The van der Waals surface area contributed by atoms with Gasteiger partial charge in [0.05, 0.1) is 11.5 Å². The molecule has 0 saturated heterocycles. The Labute approximate surface area is 132 Å². The van der Waals surface area contributed by atoms with Gasteiger partial charge >= 0.3 is 0 Å². The third kappa shape index (κ3) is 2.66. The maximum atomic E-state index is 9.65. The lowest BCUT2D eigenvalue weighted by Gasteiger charge is -2.32. The molecule has 1 unspecified atom stereocenters. The van der Waals surface area contributed by atoms with Crippen LogP contribution in [0.25, 0.3) is 0 Å². The van der Waals surface area contributed by atoms with Gasteiger partial charge in [-0.15, -0.1) is 0 Å². The highest BCUT2D eigenvalue weighted by Gasteiger charge is 2.36. The van der Waals surface area contributed by atoms with Gasteiger partial charge in [-0.2, -0.15) is 5.26 Å². The van der Waals surface area contributed by atoms with Crippen LogP contribution in [0.3, 0.4) is 0 Å². The van der Waals surface area contributed by atoms with Crippen molar-refractivity contribution in [2.24, 2.45) is 5.41 Å². The van der Waals surface area contributed by atoms with Crippen LogP contribution in [0, 0.1) is 20.3 Å². The van der Waals surface area contributed by atoms with Crippen LogP contribution < -0.4 is 4.74 Å². The van der Waals surface area contributed by atoms with Gasteiger partial charge in [0.2, 0.25) is 0 Å². The van der Waals surface area contributed by atoms with Crippen LogP contribution in [0.4, 0.5) is 0 Å². The molecule has 2 nitrogen and oxygen atoms in total. The van der Waals surface area contributed by atoms with Crippen molar-refractivity contribution in [1.82, 2.24) is 0 Å². The fourth-order valence-electron chi connectivity index (χ4n) is 2.64. The van der Waals surface area contributed by atoms with E-state index in [-0.39, 0.29) is 0 Å². The van der Waals surface area contributed by atoms with E-state index in [9.17, 15) is 5.26 Å². The van der Waals surface area contributed by atoms with Gasteiger partial charge in [0.15, 0.2) is 0 Å². The number of hydrogen-bond donors (Lipinski definition) is 0. The first-order valence-corrected chi connectivity index (χ1v) is 7.65. The number of rotatable bonds is 2. The van der Waals surface area contributed by atoms with Gasteiger partial charge in [-0.05, 0) is 64.8 Å². The SMILES string of the molecule is N#CC1(Cc2ccc(I)cc2)COc2ccccc2C1. The number of hydrogen-bond acceptors (Lipinski definition) is 2. The van der Waals surface area contributed by atoms with Gasteiger partial charge in [-0.1, -0.05) is 30.3 Å². The lowest BCUT2D eigenvalue weighted by Crippen LogP contribution is -2.35. The van der Waals surface area contributed by atoms with Crippen molar-refractivity contribution in [3.63, 3.8) is 0 Å². The predicted molar refractivity (Wildman–Crippen MR) is 86.6 cm³/mol. The van der Waals surface area contributed by atoms with Gasteiger partial charge in [0.1, 0.15) is 12.4 Å². The third-order valence-corrected chi connectivity index (χ3v) is 4.42. The topological polar surface area (TPSA) is 33.0 Å². The Kier molecular flexibility index (Phi) is 3.66. The molecule has 0 radical (unpaired) electrons. The minimum Gasteiger partial charge on any atom is -0.492 e. The summed E-state index contributed by atoms with van der Waals surface area (Å²) in [5.41, 5.74) is 1.86. The fraction of sp³-hybridized carbons (Fsp3) is 0.235. The highest BCUT2D eigenvalue weighted by atomic mass is 127. The van der Waals surface area contributed by atoms with Gasteiger partial charge in [-0.3, -0.25) is 0 Å². The van der Waals surface area contributed by atoms with Crippen LogP contribution in [-0.2, 0) is 12.8 Å². The quantitative estimate of drug-likeness (QED) is 0.744. The van der Waals surface area contributed by atoms with E-state index in [0.29, 0.717) is 6.61 Å². The highest BCUT2D eigenvalue weighted by molar-refractivity contribution is 14.1. The normalized spacial score (nSPS) is 20.6. The Morgan fingerprint density at radius 1 is 1.15 bits per heavy atom. The van der Waals surface area contributed by atoms with Crippen LogP contribution in [-0.4, -0.2) is 6.61 Å². The zero-order chi connectivity index (χ0) is 14.0. The molecule has 0 fully saturated rings. The van der Waals surface area contributed by atoms with Crippen LogP contribution in [0.5, 0.6) is 5.75 Å². The number of nitrogens with zero attached hydrogens (tertiary/aromatic N) is 1. The summed E-state index contributed by atoms with van der Waals surface area (Å²) in [6, 6.07) is 18.8. The van der Waals surface area contributed by atoms with E-state index in [1.165, 1.54) is 9.13 Å². The number of benzene rings is 2. The van der Waals surface area contributed by atoms with E-state index >= 15 is 0 Å². The van der Waals surface area contributed by atoms with Crippen molar-refractivity contribution in [2.45, 2.75) is 12.8 Å². The van der Waals surface area contributed by atoms with Gasteiger partial charge in [0.25, 0.3) is 0 Å². The van der Waals surface area contributed by atoms with Crippen LogP contribution in [0.1, 0.15) is 11.1 Å². The lowest BCUT2D eigenvalue weighted by molar-refractivity contribution is 0.169. The first-order chi connectivity index (χ1) is 9.71. The summed E-state index contributed by atoms with van der Waals surface area (Å²) in [6.45, 7) is 0.465. The lowest BCUT2D eigenvalue weighted by atomic mass is 9.77. The standard InChI is InChI=1S/C17H14INO/c18-15-7-5-13(6-8-15)9-17(11-19)10-14-3-1-2-4-16(14)20-12-17/h1-8H,9-10,12H2. The highest BCUT2D eigenvalue weighted by Crippen LogP contribution is 2.36. The first-order valence-electron chi connectivity index (χ1n) is 6.57. The Hall–Kier alpha value is -1.54. The van der Waals surface area contributed by atoms with E-state index in [2.05, 4.69) is 59.0 Å². The van der Waals surface area contributed by atoms with Gasteiger partial charge in [0, 0.05) is 3.57 Å². The summed E-state index contributed by atoms with van der Waals surface area (Å²) in [7, 11) is 0. The number of halogens is 1. The average molecular weight is 375 g/mol. The molecule has 1 aliphatic heterocycles. The smallest absolute Gasteiger partial charge is 0.122 e. The first kappa shape index (κ1) is 13.4. The Morgan fingerprint density at radius 2 is 1.90 bits per heavy atom. The molecule has 3 rings (SSSR count). The zero-order valence-electron chi connectivity index (χ0n) is 11.0. The second-order valence-corrected chi connectivity index (χ2v) is 6.51. The molecule has 100 valence electrons. The summed E-state index contributed by atoms with van der Waals surface area (Å²) in [6.07, 6.45) is 1.49. The van der Waals surface area contributed by atoms with E-state index in [4.69, 9.17) is 4.74 Å². The molecule has 0 aliphatic carbocycles. The number of nitriles is 1. The van der Waals surface area contributed by atoms with Crippen molar-refractivity contribution in [3.05, 3.63) is 63.2 Å². The molecule has 20 heavy (non-hydrogen) atoms. The Morgan fingerprint density at radius 3 is 2.65 bits per heavy atom. The van der Waals surface area contributed by atoms with Crippen molar-refractivity contribution < 1.29 is 4.74 Å². The van der Waals surface area contributed by atoms with Crippen molar-refractivity contribution in [2.75, 3.05) is 6.61 Å². The molecule has 2 aromatic carbocycles. The van der Waals surface area contributed by atoms with Gasteiger partial charge < -0.3 is 4.74 Å². The molecule has 1 heterocycles. The molecule has 0 N–H and O–H groups in total. The monoisotopic (exact) mass is 375 g/mol. The molecule has 0 saturated carbocycles. The summed E-state index contributed by atoms with van der Waals surface area (Å²) in [5, 5.41) is 9.65. The second-order valence-electron chi connectivity index (χ2n) is 5.27. The number of fused-ring (bicyclic) bond motifs is 1. The van der Waals surface area contributed by atoms with E-state index in [1.807, 2.05) is 18.2 Å². The van der Waals surface area contributed by atoms with E-state index in [0.717, 1.165) is 24.2 Å². The maximum absolute atomic E-state index is 9.65. The van der Waals surface area contributed by atoms with E-state index in [1.54, 1.807) is 0 Å². The Balaban J connectivity index is 1.87. The Bertz CT molecular complexity index is 659. The summed E-state index contributed by atoms with van der Waals surface area (Å²) < 4.78 is 7.01. The van der Waals surface area contributed by atoms with Crippen molar-refractivity contribution in [3.8, 4) is 11.8 Å².